The standard InChI is InChI=1S/C9H15NO2S/c1-12-9(11)2-4-10-6-8-3-5-13-7-8/h2,4,8,10H,3,5-7H2,1H3/b4-2+. The van der Waals surface area contributed by atoms with Crippen LogP contribution in [0.25, 0.3) is 0 Å². The fraction of sp³-hybridized carbons (Fsp3) is 0.667. The van der Waals surface area contributed by atoms with Gasteiger partial charge >= 0.3 is 5.97 Å². The van der Waals surface area contributed by atoms with Gasteiger partial charge in [0.15, 0.2) is 0 Å². The zero-order chi connectivity index (χ0) is 9.52. The summed E-state index contributed by atoms with van der Waals surface area (Å²) in [5, 5.41) is 3.10. The lowest BCUT2D eigenvalue weighted by Crippen LogP contribution is -2.17. The van der Waals surface area contributed by atoms with Crippen molar-refractivity contribution in [1.82, 2.24) is 5.32 Å². The Morgan fingerprint density at radius 1 is 1.77 bits per heavy atom. The fourth-order valence-electron chi connectivity index (χ4n) is 1.17. The molecule has 0 saturated carbocycles. The van der Waals surface area contributed by atoms with Crippen LogP contribution in [-0.2, 0) is 9.53 Å². The van der Waals surface area contributed by atoms with Gasteiger partial charge in [-0.15, -0.1) is 0 Å². The minimum absolute atomic E-state index is 0.312. The second-order valence-electron chi connectivity index (χ2n) is 2.99. The van der Waals surface area contributed by atoms with E-state index >= 15 is 0 Å². The molecule has 1 N–H and O–H groups in total. The molecule has 1 saturated heterocycles. The van der Waals surface area contributed by atoms with Crippen LogP contribution in [-0.4, -0.2) is 31.1 Å². The summed E-state index contributed by atoms with van der Waals surface area (Å²) in [4.78, 5) is 10.7. The molecule has 4 heteroatoms. The first-order chi connectivity index (χ1) is 6.33. The smallest absolute Gasteiger partial charge is 0.331 e. The Morgan fingerprint density at radius 3 is 3.23 bits per heavy atom. The molecule has 1 aliphatic rings. The second-order valence-corrected chi connectivity index (χ2v) is 4.14. The molecule has 1 heterocycles. The number of thioether (sulfide) groups is 1. The van der Waals surface area contributed by atoms with Crippen molar-refractivity contribution in [3.05, 3.63) is 12.3 Å². The summed E-state index contributed by atoms with van der Waals surface area (Å²) in [5.74, 6) is 2.95. The Balaban J connectivity index is 2.05. The molecule has 1 fully saturated rings. The highest BCUT2D eigenvalue weighted by Crippen LogP contribution is 2.22. The summed E-state index contributed by atoms with van der Waals surface area (Å²) in [5.41, 5.74) is 0. The van der Waals surface area contributed by atoms with E-state index in [0.29, 0.717) is 0 Å². The second kappa shape index (κ2) is 5.91. The van der Waals surface area contributed by atoms with Gasteiger partial charge in [-0.1, -0.05) is 0 Å². The van der Waals surface area contributed by atoms with E-state index in [1.807, 2.05) is 11.8 Å². The molecule has 0 aliphatic carbocycles. The molecule has 1 unspecified atom stereocenters. The summed E-state index contributed by atoms with van der Waals surface area (Å²) >= 11 is 2.00. The van der Waals surface area contributed by atoms with E-state index < -0.39 is 0 Å². The summed E-state index contributed by atoms with van der Waals surface area (Å²) in [6.07, 6.45) is 4.35. The maximum Gasteiger partial charge on any atom is 0.331 e. The van der Waals surface area contributed by atoms with E-state index in [9.17, 15) is 4.79 Å². The molecule has 0 aromatic rings. The Kier molecular flexibility index (Phi) is 4.75. The van der Waals surface area contributed by atoms with Gasteiger partial charge in [-0.2, -0.15) is 11.8 Å². The van der Waals surface area contributed by atoms with Crippen molar-refractivity contribution in [2.75, 3.05) is 25.2 Å². The number of ether oxygens (including phenoxy) is 1. The van der Waals surface area contributed by atoms with Crippen LogP contribution in [0.4, 0.5) is 0 Å². The van der Waals surface area contributed by atoms with E-state index in [1.165, 1.54) is 31.1 Å². The van der Waals surface area contributed by atoms with Crippen LogP contribution in [0.1, 0.15) is 6.42 Å². The predicted molar refractivity (Wildman–Crippen MR) is 54.6 cm³/mol. The molecule has 74 valence electrons. The third-order valence-electron chi connectivity index (χ3n) is 1.97. The molecule has 13 heavy (non-hydrogen) atoms. The number of methoxy groups -OCH3 is 1. The van der Waals surface area contributed by atoms with Crippen LogP contribution in [0.2, 0.25) is 0 Å². The zero-order valence-electron chi connectivity index (χ0n) is 7.79. The molecule has 0 aromatic heterocycles. The number of esters is 1. The monoisotopic (exact) mass is 201 g/mol. The largest absolute Gasteiger partial charge is 0.466 e. The lowest BCUT2D eigenvalue weighted by molar-refractivity contribution is -0.134. The molecule has 1 aliphatic heterocycles. The molecule has 0 amide bonds. The molecular weight excluding hydrogens is 186 g/mol. The van der Waals surface area contributed by atoms with Crippen molar-refractivity contribution < 1.29 is 9.53 Å². The van der Waals surface area contributed by atoms with Crippen LogP contribution >= 0.6 is 11.8 Å². The van der Waals surface area contributed by atoms with Crippen LogP contribution in [0.3, 0.4) is 0 Å². The van der Waals surface area contributed by atoms with Crippen LogP contribution in [0.5, 0.6) is 0 Å². The lowest BCUT2D eigenvalue weighted by atomic mass is 10.1. The highest BCUT2D eigenvalue weighted by molar-refractivity contribution is 7.99. The summed E-state index contributed by atoms with van der Waals surface area (Å²) in [6.45, 7) is 0.959. The van der Waals surface area contributed by atoms with Crippen LogP contribution in [0, 0.1) is 5.92 Å². The predicted octanol–water partition coefficient (Wildman–Crippen LogP) is 1.02. The Morgan fingerprint density at radius 2 is 2.62 bits per heavy atom. The minimum Gasteiger partial charge on any atom is -0.466 e. The molecule has 0 aromatic carbocycles. The number of hydrogen-bond acceptors (Lipinski definition) is 4. The van der Waals surface area contributed by atoms with Crippen molar-refractivity contribution >= 4 is 17.7 Å². The average molecular weight is 201 g/mol. The van der Waals surface area contributed by atoms with E-state index in [1.54, 1.807) is 6.20 Å². The third-order valence-corrected chi connectivity index (χ3v) is 3.20. The summed E-state index contributed by atoms with van der Waals surface area (Å²) < 4.78 is 4.45. The first-order valence-corrected chi connectivity index (χ1v) is 5.54. The van der Waals surface area contributed by atoms with E-state index in [-0.39, 0.29) is 5.97 Å². The minimum atomic E-state index is -0.312. The zero-order valence-corrected chi connectivity index (χ0v) is 8.60. The van der Waals surface area contributed by atoms with E-state index in [2.05, 4.69) is 10.1 Å². The SMILES string of the molecule is COC(=O)/C=C/NCC1CCSC1. The number of rotatable bonds is 4. The molecular formula is C9H15NO2S. The fourth-order valence-corrected chi connectivity index (χ4v) is 2.46. The number of carbonyl (C=O) groups excluding carboxylic acids is 1. The highest BCUT2D eigenvalue weighted by Gasteiger charge is 2.13. The van der Waals surface area contributed by atoms with Crippen molar-refractivity contribution in [2.45, 2.75) is 6.42 Å². The number of hydrogen-bond donors (Lipinski definition) is 1. The number of carbonyl (C=O) groups is 1. The first kappa shape index (κ1) is 10.4. The molecule has 0 bridgehead atoms. The van der Waals surface area contributed by atoms with Crippen molar-refractivity contribution in [2.24, 2.45) is 5.92 Å². The average Bonchev–Trinajstić information content (AvgIpc) is 2.64. The lowest BCUT2D eigenvalue weighted by Gasteiger charge is -2.06. The van der Waals surface area contributed by atoms with Gasteiger partial charge in [0.05, 0.1) is 7.11 Å². The van der Waals surface area contributed by atoms with E-state index in [0.717, 1.165) is 12.5 Å². The normalized spacial score (nSPS) is 22.1. The number of nitrogens with one attached hydrogen (secondary N) is 1. The van der Waals surface area contributed by atoms with Crippen LogP contribution in [0.15, 0.2) is 12.3 Å². The summed E-state index contributed by atoms with van der Waals surface area (Å²) in [6, 6.07) is 0. The molecule has 1 atom stereocenters. The van der Waals surface area contributed by atoms with Gasteiger partial charge in [0, 0.05) is 18.8 Å². The topological polar surface area (TPSA) is 38.3 Å². The van der Waals surface area contributed by atoms with E-state index in [4.69, 9.17) is 0 Å². The molecule has 1 rings (SSSR count). The van der Waals surface area contributed by atoms with Crippen molar-refractivity contribution in [1.29, 1.82) is 0 Å². The maximum absolute atomic E-state index is 10.7. The Labute approximate surface area is 82.9 Å². The van der Waals surface area contributed by atoms with Crippen LogP contribution < -0.4 is 5.32 Å². The highest BCUT2D eigenvalue weighted by atomic mass is 32.2. The quantitative estimate of drug-likeness (QED) is 0.544. The molecule has 3 nitrogen and oxygen atoms in total. The first-order valence-electron chi connectivity index (χ1n) is 4.38. The third kappa shape index (κ3) is 4.22. The molecule has 0 spiro atoms. The Bertz CT molecular complexity index is 188. The van der Waals surface area contributed by atoms with Crippen molar-refractivity contribution in [3.63, 3.8) is 0 Å². The van der Waals surface area contributed by atoms with Gasteiger partial charge in [-0.25, -0.2) is 4.79 Å². The van der Waals surface area contributed by atoms with Gasteiger partial charge in [-0.3, -0.25) is 0 Å². The van der Waals surface area contributed by atoms with Gasteiger partial charge in [0.2, 0.25) is 0 Å². The Hall–Kier alpha value is -0.640. The maximum atomic E-state index is 10.7. The summed E-state index contributed by atoms with van der Waals surface area (Å²) in [7, 11) is 1.38. The van der Waals surface area contributed by atoms with Gasteiger partial charge < -0.3 is 10.1 Å². The van der Waals surface area contributed by atoms with Gasteiger partial charge in [0.25, 0.3) is 0 Å². The van der Waals surface area contributed by atoms with Crippen molar-refractivity contribution in [3.8, 4) is 0 Å². The molecule has 0 radical (unpaired) electrons. The van der Waals surface area contributed by atoms with Gasteiger partial charge in [-0.05, 0) is 23.8 Å². The van der Waals surface area contributed by atoms with Gasteiger partial charge in [0.1, 0.15) is 0 Å².